The van der Waals surface area contributed by atoms with Crippen LogP contribution in [0.1, 0.15) is 29.5 Å². The van der Waals surface area contributed by atoms with Crippen LogP contribution in [0.3, 0.4) is 0 Å². The van der Waals surface area contributed by atoms with Crippen LogP contribution in [0.25, 0.3) is 0 Å². The van der Waals surface area contributed by atoms with Crippen molar-refractivity contribution in [2.75, 3.05) is 20.3 Å². The summed E-state index contributed by atoms with van der Waals surface area (Å²) in [6, 6.07) is 4.35. The predicted octanol–water partition coefficient (Wildman–Crippen LogP) is 2.25. The number of rotatable bonds is 7. The molecule has 2 rings (SSSR count). The van der Waals surface area contributed by atoms with Crippen molar-refractivity contribution in [1.82, 2.24) is 25.4 Å². The zero-order chi connectivity index (χ0) is 16.7. The van der Waals surface area contributed by atoms with Gasteiger partial charge in [-0.25, -0.2) is 4.99 Å². The molecule has 9 heteroatoms. The average molecular weight is 464 g/mol. The zero-order valence-corrected chi connectivity index (χ0v) is 17.6. The van der Waals surface area contributed by atoms with Gasteiger partial charge in [0.25, 0.3) is 0 Å². The molecule has 0 aliphatic rings. The number of nitrogens with one attached hydrogen (secondary N) is 2. The van der Waals surface area contributed by atoms with Crippen molar-refractivity contribution < 1.29 is 4.74 Å². The fourth-order valence-electron chi connectivity index (χ4n) is 1.98. The number of halogens is 1. The molecule has 0 spiro atoms. The van der Waals surface area contributed by atoms with Crippen LogP contribution in [0.2, 0.25) is 0 Å². The highest BCUT2D eigenvalue weighted by Gasteiger charge is 2.10. The molecule has 1 atom stereocenters. The maximum Gasteiger partial charge on any atom is 0.192 e. The van der Waals surface area contributed by atoms with Crippen LogP contribution in [0.15, 0.2) is 22.5 Å². The predicted molar refractivity (Wildman–Crippen MR) is 108 cm³/mol. The van der Waals surface area contributed by atoms with E-state index in [0.717, 1.165) is 17.6 Å². The van der Waals surface area contributed by atoms with Gasteiger partial charge in [-0.1, -0.05) is 6.07 Å². The van der Waals surface area contributed by atoms with Gasteiger partial charge < -0.3 is 19.9 Å². The van der Waals surface area contributed by atoms with Gasteiger partial charge in [-0.3, -0.25) is 0 Å². The molecule has 1 unspecified atom stereocenters. The van der Waals surface area contributed by atoms with Crippen LogP contribution in [0.4, 0.5) is 0 Å². The Kier molecular flexibility index (Phi) is 9.22. The number of aryl methyl sites for hydroxylation is 1. The molecular weight excluding hydrogens is 439 g/mol. The summed E-state index contributed by atoms with van der Waals surface area (Å²) in [5.74, 6) is 2.45. The lowest BCUT2D eigenvalue weighted by molar-refractivity contribution is 0.203. The SMILES string of the molecule is COCCNC(=NCc1nnc(C)n1C)NC(C)c1cccs1.I. The zero-order valence-electron chi connectivity index (χ0n) is 14.4. The van der Waals surface area contributed by atoms with E-state index in [9.17, 15) is 0 Å². The smallest absolute Gasteiger partial charge is 0.192 e. The van der Waals surface area contributed by atoms with E-state index in [1.54, 1.807) is 18.4 Å². The minimum absolute atomic E-state index is 0. The molecule has 0 aromatic carbocycles. The van der Waals surface area contributed by atoms with Gasteiger partial charge in [0.2, 0.25) is 0 Å². The molecule has 0 bridgehead atoms. The number of methoxy groups -OCH3 is 1. The molecule has 0 aliphatic carbocycles. The first kappa shape index (κ1) is 20.8. The molecule has 0 radical (unpaired) electrons. The average Bonchev–Trinajstić information content (AvgIpc) is 3.17. The Morgan fingerprint density at radius 2 is 2.25 bits per heavy atom. The standard InChI is InChI=1S/C15H24N6OS.HI/c1-11(13-6-5-9-23-13)18-15(16-7-8-22-4)17-10-14-20-19-12(2)21(14)3;/h5-6,9,11H,7-8,10H2,1-4H3,(H2,16,17,18);1H. The first-order valence-electron chi connectivity index (χ1n) is 7.54. The molecule has 0 saturated heterocycles. The maximum atomic E-state index is 5.09. The van der Waals surface area contributed by atoms with Crippen molar-refractivity contribution in [3.63, 3.8) is 0 Å². The van der Waals surface area contributed by atoms with Crippen LogP contribution >= 0.6 is 35.3 Å². The molecule has 24 heavy (non-hydrogen) atoms. The summed E-state index contributed by atoms with van der Waals surface area (Å²) < 4.78 is 7.03. The highest BCUT2D eigenvalue weighted by molar-refractivity contribution is 14.0. The second-order valence-corrected chi connectivity index (χ2v) is 6.17. The molecule has 0 aliphatic heterocycles. The van der Waals surface area contributed by atoms with E-state index in [1.165, 1.54) is 4.88 Å². The fraction of sp³-hybridized carbons (Fsp3) is 0.533. The van der Waals surface area contributed by atoms with Crippen molar-refractivity contribution in [1.29, 1.82) is 0 Å². The molecule has 2 N–H and O–H groups in total. The Bertz CT molecular complexity index is 628. The summed E-state index contributed by atoms with van der Waals surface area (Å²) in [7, 11) is 3.63. The van der Waals surface area contributed by atoms with E-state index in [-0.39, 0.29) is 30.0 Å². The number of aromatic nitrogens is 3. The first-order valence-corrected chi connectivity index (χ1v) is 8.42. The Morgan fingerprint density at radius 3 is 2.83 bits per heavy atom. The minimum atomic E-state index is 0. The highest BCUT2D eigenvalue weighted by atomic mass is 127. The molecule has 134 valence electrons. The molecule has 7 nitrogen and oxygen atoms in total. The van der Waals surface area contributed by atoms with Crippen molar-refractivity contribution in [3.8, 4) is 0 Å². The maximum absolute atomic E-state index is 5.09. The second-order valence-electron chi connectivity index (χ2n) is 5.19. The lowest BCUT2D eigenvalue weighted by Gasteiger charge is -2.17. The highest BCUT2D eigenvalue weighted by Crippen LogP contribution is 2.17. The Balaban J connectivity index is 0.00000288. The molecule has 2 heterocycles. The first-order chi connectivity index (χ1) is 11.1. The van der Waals surface area contributed by atoms with E-state index < -0.39 is 0 Å². The van der Waals surface area contributed by atoms with E-state index in [4.69, 9.17) is 4.74 Å². The third-order valence-corrected chi connectivity index (χ3v) is 4.54. The summed E-state index contributed by atoms with van der Waals surface area (Å²) in [5.41, 5.74) is 0. The minimum Gasteiger partial charge on any atom is -0.383 e. The van der Waals surface area contributed by atoms with E-state index in [0.29, 0.717) is 19.7 Å². The van der Waals surface area contributed by atoms with Gasteiger partial charge in [0, 0.05) is 25.6 Å². The normalized spacial score (nSPS) is 12.6. The van der Waals surface area contributed by atoms with E-state index in [2.05, 4.69) is 50.3 Å². The molecule has 0 fully saturated rings. The van der Waals surface area contributed by atoms with E-state index in [1.807, 2.05) is 18.5 Å². The van der Waals surface area contributed by atoms with Gasteiger partial charge in [0.05, 0.1) is 12.6 Å². The molecule has 0 saturated carbocycles. The molecule has 2 aromatic heterocycles. The summed E-state index contributed by atoms with van der Waals surface area (Å²) in [6.45, 7) is 5.83. The quantitative estimate of drug-likeness (QED) is 0.285. The third-order valence-electron chi connectivity index (χ3n) is 3.48. The fourth-order valence-corrected chi connectivity index (χ4v) is 2.71. The third kappa shape index (κ3) is 6.02. The lowest BCUT2D eigenvalue weighted by Crippen LogP contribution is -2.40. The Morgan fingerprint density at radius 1 is 1.46 bits per heavy atom. The molecule has 2 aromatic rings. The van der Waals surface area contributed by atoms with Crippen LogP contribution in [-0.2, 0) is 18.3 Å². The monoisotopic (exact) mass is 464 g/mol. The number of nitrogens with zero attached hydrogens (tertiary/aromatic N) is 4. The van der Waals surface area contributed by atoms with Crippen molar-refractivity contribution in [3.05, 3.63) is 34.0 Å². The largest absolute Gasteiger partial charge is 0.383 e. The van der Waals surface area contributed by atoms with Crippen LogP contribution in [0, 0.1) is 6.92 Å². The lowest BCUT2D eigenvalue weighted by atomic mass is 10.3. The van der Waals surface area contributed by atoms with Gasteiger partial charge >= 0.3 is 0 Å². The van der Waals surface area contributed by atoms with Gasteiger partial charge in [0.1, 0.15) is 12.4 Å². The van der Waals surface area contributed by atoms with Crippen LogP contribution in [-0.4, -0.2) is 41.0 Å². The van der Waals surface area contributed by atoms with E-state index >= 15 is 0 Å². The second kappa shape index (κ2) is 10.6. The molecule has 0 amide bonds. The number of aliphatic imine (C=N–C) groups is 1. The molecular formula is C15H25IN6OS. The number of hydrogen-bond acceptors (Lipinski definition) is 5. The summed E-state index contributed by atoms with van der Waals surface area (Å²) >= 11 is 1.73. The van der Waals surface area contributed by atoms with Crippen LogP contribution in [0.5, 0.6) is 0 Å². The van der Waals surface area contributed by atoms with Crippen molar-refractivity contribution >= 4 is 41.3 Å². The van der Waals surface area contributed by atoms with Gasteiger partial charge in [-0.2, -0.15) is 0 Å². The van der Waals surface area contributed by atoms with Crippen LogP contribution < -0.4 is 10.6 Å². The van der Waals surface area contributed by atoms with Gasteiger partial charge in [-0.05, 0) is 25.3 Å². The van der Waals surface area contributed by atoms with Crippen molar-refractivity contribution in [2.45, 2.75) is 26.4 Å². The summed E-state index contributed by atoms with van der Waals surface area (Å²) in [6.07, 6.45) is 0. The number of thiophene rings is 1. The summed E-state index contributed by atoms with van der Waals surface area (Å²) in [4.78, 5) is 5.87. The van der Waals surface area contributed by atoms with Gasteiger partial charge in [0.15, 0.2) is 11.8 Å². The topological polar surface area (TPSA) is 76.4 Å². The summed E-state index contributed by atoms with van der Waals surface area (Å²) in [5, 5.41) is 17.0. The van der Waals surface area contributed by atoms with Gasteiger partial charge in [-0.15, -0.1) is 45.5 Å². The number of guanidine groups is 1. The van der Waals surface area contributed by atoms with Crippen molar-refractivity contribution in [2.24, 2.45) is 12.0 Å². The number of hydrogen-bond donors (Lipinski definition) is 2. The Hall–Kier alpha value is -1.20. The number of ether oxygens (including phenoxy) is 1. The Labute approximate surface area is 163 Å².